The molecule has 0 saturated carbocycles. The lowest BCUT2D eigenvalue weighted by atomic mass is 10.0. The molecule has 0 radical (unpaired) electrons. The van der Waals surface area contributed by atoms with Crippen molar-refractivity contribution in [2.24, 2.45) is 0 Å². The Labute approximate surface area is 136 Å². The van der Waals surface area contributed by atoms with E-state index in [0.717, 1.165) is 42.5 Å². The van der Waals surface area contributed by atoms with Crippen LogP contribution in [-0.4, -0.2) is 47.3 Å². The van der Waals surface area contributed by atoms with Gasteiger partial charge >= 0.3 is 5.97 Å². The molecule has 3 rings (SSSR count). The number of hydrogen-bond acceptors (Lipinski definition) is 4. The molecule has 23 heavy (non-hydrogen) atoms. The Hall–Kier alpha value is -1.85. The van der Waals surface area contributed by atoms with Crippen LogP contribution in [0, 0.1) is 6.92 Å². The number of nitrogens with zero attached hydrogens (tertiary/aromatic N) is 2. The zero-order valence-electron chi connectivity index (χ0n) is 14.1. The van der Waals surface area contributed by atoms with Crippen LogP contribution in [0.4, 0.5) is 0 Å². The van der Waals surface area contributed by atoms with E-state index >= 15 is 0 Å². The first-order valence-corrected chi connectivity index (χ1v) is 8.16. The first-order valence-electron chi connectivity index (χ1n) is 8.16. The smallest absolute Gasteiger partial charge is 0.340 e. The molecule has 1 aliphatic heterocycles. The van der Waals surface area contributed by atoms with Gasteiger partial charge in [0.15, 0.2) is 0 Å². The van der Waals surface area contributed by atoms with E-state index in [1.807, 2.05) is 13.0 Å². The average Bonchev–Trinajstić information content (AvgIpc) is 2.87. The third-order valence-electron chi connectivity index (χ3n) is 4.75. The first-order chi connectivity index (χ1) is 11.1. The van der Waals surface area contributed by atoms with Crippen molar-refractivity contribution in [3.63, 3.8) is 0 Å². The third kappa shape index (κ3) is 2.64. The van der Waals surface area contributed by atoms with Gasteiger partial charge in [-0.2, -0.15) is 0 Å². The molecule has 0 saturated heterocycles. The molecule has 0 fully saturated rings. The number of esters is 1. The highest BCUT2D eigenvalue weighted by molar-refractivity contribution is 6.05. The van der Waals surface area contributed by atoms with Crippen molar-refractivity contribution in [2.45, 2.75) is 33.4 Å². The fourth-order valence-electron chi connectivity index (χ4n) is 3.66. The quantitative estimate of drug-likeness (QED) is 0.878. The highest BCUT2D eigenvalue weighted by Gasteiger charge is 2.26. The van der Waals surface area contributed by atoms with Gasteiger partial charge in [0.05, 0.1) is 24.8 Å². The van der Waals surface area contributed by atoms with Crippen molar-refractivity contribution < 1.29 is 14.6 Å². The summed E-state index contributed by atoms with van der Waals surface area (Å²) in [7, 11) is 1.41. The van der Waals surface area contributed by atoms with E-state index in [2.05, 4.69) is 22.5 Å². The van der Waals surface area contributed by atoms with Crippen molar-refractivity contribution >= 4 is 16.9 Å². The second-order valence-corrected chi connectivity index (χ2v) is 6.12. The highest BCUT2D eigenvalue weighted by atomic mass is 16.5. The Bertz CT molecular complexity index is 749. The minimum Gasteiger partial charge on any atom is -0.465 e. The minimum absolute atomic E-state index is 0.0577. The molecular formula is C18H24N2O3. The number of fused-ring (bicyclic) bond motifs is 3. The molecule has 0 bridgehead atoms. The van der Waals surface area contributed by atoms with Crippen LogP contribution in [0.25, 0.3) is 10.9 Å². The van der Waals surface area contributed by atoms with E-state index in [4.69, 9.17) is 4.74 Å². The van der Waals surface area contributed by atoms with Crippen molar-refractivity contribution in [3.05, 3.63) is 34.5 Å². The molecule has 124 valence electrons. The Morgan fingerprint density at radius 1 is 1.39 bits per heavy atom. The van der Waals surface area contributed by atoms with Crippen LogP contribution in [0.3, 0.4) is 0 Å². The fraction of sp³-hybridized carbons (Fsp3) is 0.500. The van der Waals surface area contributed by atoms with E-state index in [0.29, 0.717) is 12.1 Å². The molecule has 1 aromatic carbocycles. The minimum atomic E-state index is -0.319. The SMILES string of the molecule is CCN1CCc2c(c3cc(C)cc(C(=O)OC)c3n2CCO)C1. The van der Waals surface area contributed by atoms with Gasteiger partial charge < -0.3 is 14.4 Å². The van der Waals surface area contributed by atoms with Gasteiger partial charge in [-0.25, -0.2) is 4.79 Å². The van der Waals surface area contributed by atoms with Crippen LogP contribution in [0.1, 0.15) is 34.1 Å². The Kier molecular flexibility index (Phi) is 4.41. The Morgan fingerprint density at radius 2 is 2.17 bits per heavy atom. The maximum Gasteiger partial charge on any atom is 0.340 e. The number of hydrogen-bond donors (Lipinski definition) is 1. The monoisotopic (exact) mass is 316 g/mol. The summed E-state index contributed by atoms with van der Waals surface area (Å²) in [5.74, 6) is -0.319. The van der Waals surface area contributed by atoms with Crippen LogP contribution in [0.15, 0.2) is 12.1 Å². The van der Waals surface area contributed by atoms with Crippen molar-refractivity contribution in [1.82, 2.24) is 9.47 Å². The lowest BCUT2D eigenvalue weighted by molar-refractivity contribution is 0.0602. The molecule has 5 heteroatoms. The van der Waals surface area contributed by atoms with E-state index in [1.54, 1.807) is 0 Å². The molecule has 0 amide bonds. The number of rotatable bonds is 4. The van der Waals surface area contributed by atoms with Crippen LogP contribution in [0.5, 0.6) is 0 Å². The Morgan fingerprint density at radius 3 is 2.83 bits per heavy atom. The summed E-state index contributed by atoms with van der Waals surface area (Å²) in [6, 6.07) is 4.03. The van der Waals surface area contributed by atoms with Gasteiger partial charge in [0.2, 0.25) is 0 Å². The molecule has 5 nitrogen and oxygen atoms in total. The number of aromatic nitrogens is 1. The van der Waals surface area contributed by atoms with Crippen LogP contribution >= 0.6 is 0 Å². The fourth-order valence-corrected chi connectivity index (χ4v) is 3.66. The summed E-state index contributed by atoms with van der Waals surface area (Å²) < 4.78 is 7.10. The molecule has 2 aromatic rings. The third-order valence-corrected chi connectivity index (χ3v) is 4.75. The second-order valence-electron chi connectivity index (χ2n) is 6.12. The lowest BCUT2D eigenvalue weighted by Crippen LogP contribution is -2.30. The van der Waals surface area contributed by atoms with E-state index in [-0.39, 0.29) is 12.6 Å². The molecule has 1 aromatic heterocycles. The number of aryl methyl sites for hydroxylation is 1. The number of benzene rings is 1. The maximum atomic E-state index is 12.3. The molecule has 1 aliphatic rings. The van der Waals surface area contributed by atoms with Crippen LogP contribution in [0.2, 0.25) is 0 Å². The summed E-state index contributed by atoms with van der Waals surface area (Å²) in [6.45, 7) is 7.66. The largest absolute Gasteiger partial charge is 0.465 e. The van der Waals surface area contributed by atoms with Gasteiger partial charge in [0.1, 0.15) is 0 Å². The van der Waals surface area contributed by atoms with Crippen LogP contribution in [-0.2, 0) is 24.2 Å². The number of carbonyl (C=O) groups excluding carboxylic acids is 1. The topological polar surface area (TPSA) is 54.7 Å². The van der Waals surface area contributed by atoms with Crippen LogP contribution < -0.4 is 0 Å². The van der Waals surface area contributed by atoms with Gasteiger partial charge in [-0.1, -0.05) is 6.92 Å². The van der Waals surface area contributed by atoms with Gasteiger partial charge in [-0.15, -0.1) is 0 Å². The van der Waals surface area contributed by atoms with E-state index in [9.17, 15) is 9.90 Å². The number of likely N-dealkylation sites (N-methyl/N-ethyl adjacent to an activating group) is 1. The van der Waals surface area contributed by atoms with E-state index < -0.39 is 0 Å². The molecule has 0 unspecified atom stereocenters. The summed E-state index contributed by atoms with van der Waals surface area (Å²) >= 11 is 0. The molecular weight excluding hydrogens is 292 g/mol. The maximum absolute atomic E-state index is 12.3. The number of aliphatic hydroxyl groups is 1. The summed E-state index contributed by atoms with van der Waals surface area (Å²) in [6.07, 6.45) is 0.942. The molecule has 0 spiro atoms. The van der Waals surface area contributed by atoms with E-state index in [1.165, 1.54) is 18.4 Å². The molecule has 0 aliphatic carbocycles. The standard InChI is InChI=1S/C18H24N2O3/c1-4-19-6-5-16-15(11-19)13-9-12(2)10-14(18(22)23-3)17(13)20(16)7-8-21/h9-10,21H,4-8,11H2,1-3H3. The first kappa shape index (κ1) is 16.0. The predicted molar refractivity (Wildman–Crippen MR) is 89.8 cm³/mol. The molecule has 1 N–H and O–H groups in total. The van der Waals surface area contributed by atoms with Crippen molar-refractivity contribution in [2.75, 3.05) is 26.8 Å². The van der Waals surface area contributed by atoms with Gasteiger partial charge in [-0.05, 0) is 36.7 Å². The van der Waals surface area contributed by atoms with Gasteiger partial charge in [-0.3, -0.25) is 4.90 Å². The normalized spacial score (nSPS) is 15.0. The molecule has 2 heterocycles. The highest BCUT2D eigenvalue weighted by Crippen LogP contribution is 2.34. The molecule has 0 atom stereocenters. The second kappa shape index (κ2) is 6.34. The number of methoxy groups -OCH3 is 1. The zero-order valence-corrected chi connectivity index (χ0v) is 14.1. The van der Waals surface area contributed by atoms with Gasteiger partial charge in [0, 0.05) is 37.1 Å². The lowest BCUT2D eigenvalue weighted by Gasteiger charge is -2.26. The number of carbonyl (C=O) groups is 1. The zero-order chi connectivity index (χ0) is 16.6. The van der Waals surface area contributed by atoms with Gasteiger partial charge in [0.25, 0.3) is 0 Å². The average molecular weight is 316 g/mol. The number of ether oxygens (including phenoxy) is 1. The summed E-state index contributed by atoms with van der Waals surface area (Å²) in [5.41, 5.74) is 5.08. The summed E-state index contributed by atoms with van der Waals surface area (Å²) in [4.78, 5) is 14.7. The predicted octanol–water partition coefficient (Wildman–Crippen LogP) is 2.11. The van der Waals surface area contributed by atoms with Crippen molar-refractivity contribution in [3.8, 4) is 0 Å². The summed E-state index contributed by atoms with van der Waals surface area (Å²) in [5, 5.41) is 10.6. The number of aliphatic hydroxyl groups excluding tert-OH is 1. The Balaban J connectivity index is 2.31. The van der Waals surface area contributed by atoms with Crippen molar-refractivity contribution in [1.29, 1.82) is 0 Å².